The summed E-state index contributed by atoms with van der Waals surface area (Å²) in [6.45, 7) is 7.57. The number of carbonyl (C=O) groups excluding carboxylic acids is 1. The molecule has 1 amide bonds. The Labute approximate surface area is 127 Å². The van der Waals surface area contributed by atoms with Crippen LogP contribution in [0, 0.1) is 12.8 Å². The molecule has 1 fully saturated rings. The summed E-state index contributed by atoms with van der Waals surface area (Å²) in [6.07, 6.45) is 1.67. The highest BCUT2D eigenvalue weighted by Gasteiger charge is 2.28. The third-order valence-corrected chi connectivity index (χ3v) is 4.47. The molecule has 116 valence electrons. The fourth-order valence-corrected chi connectivity index (χ4v) is 2.92. The number of aryl methyl sites for hydroxylation is 1. The minimum absolute atomic E-state index is 0.0381. The highest BCUT2D eigenvalue weighted by atomic mass is 16.3. The molecule has 1 aromatic rings. The molecule has 1 aromatic carbocycles. The van der Waals surface area contributed by atoms with Crippen LogP contribution < -0.4 is 5.32 Å². The average Bonchev–Trinajstić information content (AvgIpc) is 2.46. The van der Waals surface area contributed by atoms with Crippen molar-refractivity contribution < 1.29 is 9.90 Å². The van der Waals surface area contributed by atoms with E-state index in [1.807, 2.05) is 45.0 Å². The van der Waals surface area contributed by atoms with Crippen LogP contribution in [0.4, 0.5) is 5.69 Å². The Bertz CT molecular complexity index is 479. The van der Waals surface area contributed by atoms with Crippen molar-refractivity contribution in [1.82, 2.24) is 4.90 Å². The Morgan fingerprint density at radius 3 is 2.57 bits per heavy atom. The van der Waals surface area contributed by atoms with Crippen LogP contribution in [0.15, 0.2) is 24.3 Å². The van der Waals surface area contributed by atoms with Crippen molar-refractivity contribution in [1.29, 1.82) is 0 Å². The number of anilines is 1. The van der Waals surface area contributed by atoms with Crippen LogP contribution in [0.5, 0.6) is 0 Å². The molecule has 21 heavy (non-hydrogen) atoms. The van der Waals surface area contributed by atoms with Crippen molar-refractivity contribution >= 4 is 11.6 Å². The van der Waals surface area contributed by atoms with Gasteiger partial charge in [-0.05, 0) is 70.3 Å². The minimum atomic E-state index is -0.247. The Morgan fingerprint density at radius 1 is 1.33 bits per heavy atom. The lowest BCUT2D eigenvalue weighted by molar-refractivity contribution is -0.121. The largest absolute Gasteiger partial charge is 0.393 e. The van der Waals surface area contributed by atoms with E-state index in [1.54, 1.807) is 0 Å². The predicted molar refractivity (Wildman–Crippen MR) is 85.2 cm³/mol. The molecule has 4 heteroatoms. The van der Waals surface area contributed by atoms with Crippen molar-refractivity contribution in [2.45, 2.75) is 45.8 Å². The number of hydrogen-bond acceptors (Lipinski definition) is 3. The summed E-state index contributed by atoms with van der Waals surface area (Å²) in [5.41, 5.74) is 1.99. The number of hydrogen-bond donors (Lipinski definition) is 2. The van der Waals surface area contributed by atoms with Gasteiger partial charge >= 0.3 is 0 Å². The summed E-state index contributed by atoms with van der Waals surface area (Å²) in [5, 5.41) is 12.6. The maximum Gasteiger partial charge on any atom is 0.241 e. The second kappa shape index (κ2) is 7.05. The van der Waals surface area contributed by atoms with Gasteiger partial charge in [-0.1, -0.05) is 12.1 Å². The monoisotopic (exact) mass is 290 g/mol. The van der Waals surface area contributed by atoms with Crippen molar-refractivity contribution in [3.63, 3.8) is 0 Å². The Balaban J connectivity index is 1.88. The van der Waals surface area contributed by atoms with E-state index < -0.39 is 0 Å². The van der Waals surface area contributed by atoms with E-state index in [0.717, 1.165) is 37.2 Å². The van der Waals surface area contributed by atoms with Crippen LogP contribution in [-0.4, -0.2) is 41.1 Å². The molecule has 2 N–H and O–H groups in total. The highest BCUT2D eigenvalue weighted by Crippen LogP contribution is 2.22. The molecule has 0 radical (unpaired) electrons. The van der Waals surface area contributed by atoms with Gasteiger partial charge in [0.2, 0.25) is 5.91 Å². The van der Waals surface area contributed by atoms with Crippen LogP contribution in [0.2, 0.25) is 0 Å². The lowest BCUT2D eigenvalue weighted by atomic mass is 9.91. The molecule has 0 aliphatic carbocycles. The Kier molecular flexibility index (Phi) is 5.37. The third kappa shape index (κ3) is 4.29. The van der Waals surface area contributed by atoms with Gasteiger partial charge in [0, 0.05) is 5.69 Å². The zero-order valence-electron chi connectivity index (χ0n) is 13.2. The van der Waals surface area contributed by atoms with E-state index in [1.165, 1.54) is 0 Å². The van der Waals surface area contributed by atoms with Gasteiger partial charge < -0.3 is 10.4 Å². The Hall–Kier alpha value is -1.39. The molecule has 1 saturated heterocycles. The fraction of sp³-hybridized carbons (Fsp3) is 0.588. The van der Waals surface area contributed by atoms with Gasteiger partial charge in [-0.15, -0.1) is 0 Å². The standard InChI is InChI=1S/C17H26N2O2/c1-12-5-4-6-16(11-12)18-17(21)13(2)19-9-7-15(8-10-19)14(3)20/h4-6,11,13-15,20H,7-10H2,1-3H3,(H,18,21). The van der Waals surface area contributed by atoms with Crippen molar-refractivity contribution in [2.24, 2.45) is 5.92 Å². The first-order valence-corrected chi connectivity index (χ1v) is 7.77. The summed E-state index contributed by atoms with van der Waals surface area (Å²) in [7, 11) is 0. The van der Waals surface area contributed by atoms with Gasteiger partial charge in [0.25, 0.3) is 0 Å². The number of rotatable bonds is 4. The number of likely N-dealkylation sites (tertiary alicyclic amines) is 1. The minimum Gasteiger partial charge on any atom is -0.393 e. The first kappa shape index (κ1) is 16.0. The molecule has 4 nitrogen and oxygen atoms in total. The molecule has 2 rings (SSSR count). The molecule has 2 atom stereocenters. The summed E-state index contributed by atoms with van der Waals surface area (Å²) in [4.78, 5) is 14.5. The average molecular weight is 290 g/mol. The number of nitrogens with zero attached hydrogens (tertiary/aromatic N) is 1. The Morgan fingerprint density at radius 2 is 2.00 bits per heavy atom. The SMILES string of the molecule is Cc1cccc(NC(=O)C(C)N2CCC(C(C)O)CC2)c1. The van der Waals surface area contributed by atoms with Crippen molar-refractivity contribution in [3.8, 4) is 0 Å². The van der Waals surface area contributed by atoms with E-state index in [2.05, 4.69) is 10.2 Å². The molecule has 2 unspecified atom stereocenters. The number of aliphatic hydroxyl groups is 1. The zero-order chi connectivity index (χ0) is 15.4. The van der Waals surface area contributed by atoms with Gasteiger partial charge in [-0.25, -0.2) is 0 Å². The van der Waals surface area contributed by atoms with Crippen LogP contribution in [-0.2, 0) is 4.79 Å². The van der Waals surface area contributed by atoms with Gasteiger partial charge in [0.15, 0.2) is 0 Å². The zero-order valence-corrected chi connectivity index (χ0v) is 13.2. The predicted octanol–water partition coefficient (Wildman–Crippen LogP) is 2.41. The number of nitrogens with one attached hydrogen (secondary N) is 1. The van der Waals surface area contributed by atoms with E-state index in [0.29, 0.717) is 5.92 Å². The normalized spacial score (nSPS) is 20.0. The molecule has 0 spiro atoms. The van der Waals surface area contributed by atoms with Gasteiger partial charge in [0.05, 0.1) is 12.1 Å². The summed E-state index contributed by atoms with van der Waals surface area (Å²) < 4.78 is 0. The van der Waals surface area contributed by atoms with E-state index in [4.69, 9.17) is 0 Å². The van der Waals surface area contributed by atoms with Crippen LogP contribution in [0.25, 0.3) is 0 Å². The molecule has 1 aliphatic heterocycles. The maximum absolute atomic E-state index is 12.3. The lowest BCUT2D eigenvalue weighted by Gasteiger charge is -2.36. The number of piperidine rings is 1. The van der Waals surface area contributed by atoms with E-state index in [9.17, 15) is 9.90 Å². The second-order valence-corrected chi connectivity index (χ2v) is 6.15. The van der Waals surface area contributed by atoms with E-state index >= 15 is 0 Å². The molecule has 0 aromatic heterocycles. The molecule has 0 saturated carbocycles. The topological polar surface area (TPSA) is 52.6 Å². The van der Waals surface area contributed by atoms with Crippen molar-refractivity contribution in [3.05, 3.63) is 29.8 Å². The van der Waals surface area contributed by atoms with Crippen molar-refractivity contribution in [2.75, 3.05) is 18.4 Å². The summed E-state index contributed by atoms with van der Waals surface area (Å²) >= 11 is 0. The first-order chi connectivity index (χ1) is 9.97. The second-order valence-electron chi connectivity index (χ2n) is 6.15. The van der Waals surface area contributed by atoms with Gasteiger partial charge in [-0.2, -0.15) is 0 Å². The summed E-state index contributed by atoms with van der Waals surface area (Å²) in [6, 6.07) is 7.71. The maximum atomic E-state index is 12.3. The number of benzene rings is 1. The van der Waals surface area contributed by atoms with Gasteiger partial charge in [0.1, 0.15) is 0 Å². The number of aliphatic hydroxyl groups excluding tert-OH is 1. The molecule has 1 aliphatic rings. The number of amides is 1. The van der Waals surface area contributed by atoms with Crippen LogP contribution >= 0.6 is 0 Å². The highest BCUT2D eigenvalue weighted by molar-refractivity contribution is 5.94. The first-order valence-electron chi connectivity index (χ1n) is 7.77. The number of carbonyl (C=O) groups is 1. The quantitative estimate of drug-likeness (QED) is 0.895. The van der Waals surface area contributed by atoms with Crippen LogP contribution in [0.1, 0.15) is 32.3 Å². The molecular weight excluding hydrogens is 264 g/mol. The third-order valence-electron chi connectivity index (χ3n) is 4.47. The van der Waals surface area contributed by atoms with Crippen LogP contribution in [0.3, 0.4) is 0 Å². The molecule has 0 bridgehead atoms. The van der Waals surface area contributed by atoms with Gasteiger partial charge in [-0.3, -0.25) is 9.69 Å². The smallest absolute Gasteiger partial charge is 0.241 e. The molecular formula is C17H26N2O2. The summed E-state index contributed by atoms with van der Waals surface area (Å²) in [5.74, 6) is 0.407. The fourth-order valence-electron chi connectivity index (χ4n) is 2.92. The van der Waals surface area contributed by atoms with E-state index in [-0.39, 0.29) is 18.1 Å². The molecule has 1 heterocycles. The lowest BCUT2D eigenvalue weighted by Crippen LogP contribution is -2.47.